The average Bonchev–Trinajstić information content (AvgIpc) is 2.64. The summed E-state index contributed by atoms with van der Waals surface area (Å²) in [7, 11) is 0. The van der Waals surface area contributed by atoms with Gasteiger partial charge in [-0.15, -0.1) is 0 Å². The number of hydrogen-bond donors (Lipinski definition) is 1. The molecule has 0 radical (unpaired) electrons. The van der Waals surface area contributed by atoms with Gasteiger partial charge in [-0.1, -0.05) is 6.92 Å². The lowest BCUT2D eigenvalue weighted by atomic mass is 10.1. The highest BCUT2D eigenvalue weighted by Crippen LogP contribution is 2.24. The van der Waals surface area contributed by atoms with E-state index >= 15 is 0 Å². The molecular weight excluding hydrogens is 234 g/mol. The molecule has 1 heterocycles. The second-order valence-corrected chi connectivity index (χ2v) is 5.69. The summed E-state index contributed by atoms with van der Waals surface area (Å²) in [5, 5.41) is 9.17. The van der Waals surface area contributed by atoms with Crippen molar-refractivity contribution in [2.75, 3.05) is 6.54 Å². The van der Waals surface area contributed by atoms with Crippen LogP contribution in [0.25, 0.3) is 0 Å². The standard InChI is InChI=1S/C13H23NO4/c1-5-9(11(15)16)14-8-6-7-10(14)12(17)18-13(2,3)4/h9-10H,5-8H2,1-4H3,(H,15,16)/t9?,10-/m0/s1. The summed E-state index contributed by atoms with van der Waals surface area (Å²) in [6, 6.07) is -1.00. The molecule has 1 rings (SSSR count). The summed E-state index contributed by atoms with van der Waals surface area (Å²) in [5.41, 5.74) is -0.531. The van der Waals surface area contributed by atoms with Crippen molar-refractivity contribution in [3.8, 4) is 0 Å². The molecule has 0 aromatic carbocycles. The van der Waals surface area contributed by atoms with E-state index in [2.05, 4.69) is 0 Å². The van der Waals surface area contributed by atoms with Crippen molar-refractivity contribution >= 4 is 11.9 Å². The number of aliphatic carboxylic acids is 1. The molecule has 0 aromatic rings. The first-order valence-corrected chi connectivity index (χ1v) is 6.47. The lowest BCUT2D eigenvalue weighted by Crippen LogP contribution is -2.48. The van der Waals surface area contributed by atoms with Crippen LogP contribution in [-0.2, 0) is 14.3 Å². The van der Waals surface area contributed by atoms with Crippen LogP contribution in [0.15, 0.2) is 0 Å². The van der Waals surface area contributed by atoms with Gasteiger partial charge in [0.25, 0.3) is 0 Å². The summed E-state index contributed by atoms with van der Waals surface area (Å²) in [6.07, 6.45) is 2.01. The zero-order chi connectivity index (χ0) is 13.9. The van der Waals surface area contributed by atoms with Crippen LogP contribution in [0.1, 0.15) is 47.0 Å². The topological polar surface area (TPSA) is 66.8 Å². The number of carboxylic acid groups (broad SMARTS) is 1. The molecule has 5 nitrogen and oxygen atoms in total. The Bertz CT molecular complexity index is 321. The molecule has 5 heteroatoms. The third-order valence-electron chi connectivity index (χ3n) is 3.05. The molecule has 1 saturated heterocycles. The zero-order valence-electron chi connectivity index (χ0n) is 11.6. The minimum Gasteiger partial charge on any atom is -0.480 e. The number of rotatable bonds is 4. The number of hydrogen-bond acceptors (Lipinski definition) is 4. The van der Waals surface area contributed by atoms with Crippen LogP contribution in [-0.4, -0.2) is 46.2 Å². The van der Waals surface area contributed by atoms with Gasteiger partial charge in [-0.05, 0) is 46.6 Å². The van der Waals surface area contributed by atoms with E-state index in [0.717, 1.165) is 6.42 Å². The Balaban J connectivity index is 2.75. The SMILES string of the molecule is CCC(C(=O)O)N1CCC[C@H]1C(=O)OC(C)(C)C. The fourth-order valence-corrected chi connectivity index (χ4v) is 2.34. The smallest absolute Gasteiger partial charge is 0.323 e. The fraction of sp³-hybridized carbons (Fsp3) is 0.846. The van der Waals surface area contributed by atoms with Gasteiger partial charge in [0.15, 0.2) is 0 Å². The van der Waals surface area contributed by atoms with Gasteiger partial charge in [0.1, 0.15) is 17.7 Å². The first-order valence-electron chi connectivity index (χ1n) is 6.47. The van der Waals surface area contributed by atoms with Crippen LogP contribution in [0.3, 0.4) is 0 Å². The van der Waals surface area contributed by atoms with E-state index in [9.17, 15) is 14.7 Å². The summed E-state index contributed by atoms with van der Waals surface area (Å²) in [5.74, 6) is -1.17. The maximum atomic E-state index is 12.1. The maximum Gasteiger partial charge on any atom is 0.323 e. The van der Waals surface area contributed by atoms with E-state index in [1.807, 2.05) is 27.7 Å². The molecule has 1 unspecified atom stereocenters. The zero-order valence-corrected chi connectivity index (χ0v) is 11.6. The van der Waals surface area contributed by atoms with Gasteiger partial charge in [0, 0.05) is 0 Å². The Morgan fingerprint density at radius 2 is 2.06 bits per heavy atom. The number of likely N-dealkylation sites (tertiary alicyclic amines) is 1. The molecule has 0 saturated carbocycles. The highest BCUT2D eigenvalue weighted by molar-refractivity contribution is 5.79. The van der Waals surface area contributed by atoms with Crippen molar-refractivity contribution < 1.29 is 19.4 Å². The van der Waals surface area contributed by atoms with E-state index in [-0.39, 0.29) is 5.97 Å². The van der Waals surface area contributed by atoms with Crippen molar-refractivity contribution in [2.45, 2.75) is 64.6 Å². The van der Waals surface area contributed by atoms with Gasteiger partial charge >= 0.3 is 11.9 Å². The number of carboxylic acids is 1. The first-order chi connectivity index (χ1) is 8.26. The summed E-state index contributed by atoms with van der Waals surface area (Å²) in [6.45, 7) is 7.92. The predicted octanol–water partition coefficient (Wildman–Crippen LogP) is 1.66. The normalized spacial score (nSPS) is 22.8. The van der Waals surface area contributed by atoms with Crippen LogP contribution in [0.5, 0.6) is 0 Å². The molecule has 0 amide bonds. The van der Waals surface area contributed by atoms with Gasteiger partial charge in [0.05, 0.1) is 0 Å². The summed E-state index contributed by atoms with van der Waals surface area (Å²) >= 11 is 0. The lowest BCUT2D eigenvalue weighted by molar-refractivity contribution is -0.162. The van der Waals surface area contributed by atoms with Gasteiger partial charge in [0.2, 0.25) is 0 Å². The van der Waals surface area contributed by atoms with Crippen LogP contribution < -0.4 is 0 Å². The highest BCUT2D eigenvalue weighted by Gasteiger charge is 2.39. The second-order valence-electron chi connectivity index (χ2n) is 5.69. The molecule has 18 heavy (non-hydrogen) atoms. The Labute approximate surface area is 108 Å². The number of carbonyl (C=O) groups is 2. The fourth-order valence-electron chi connectivity index (χ4n) is 2.34. The molecule has 104 valence electrons. The van der Waals surface area contributed by atoms with Crippen LogP contribution in [0, 0.1) is 0 Å². The minimum absolute atomic E-state index is 0.306. The van der Waals surface area contributed by atoms with E-state index in [1.165, 1.54) is 0 Å². The highest BCUT2D eigenvalue weighted by atomic mass is 16.6. The molecule has 0 spiro atoms. The molecule has 0 aromatic heterocycles. The van der Waals surface area contributed by atoms with Crippen molar-refractivity contribution in [2.24, 2.45) is 0 Å². The number of esters is 1. The lowest BCUT2D eigenvalue weighted by Gasteiger charge is -2.30. The molecule has 1 fully saturated rings. The Morgan fingerprint density at radius 3 is 2.50 bits per heavy atom. The van der Waals surface area contributed by atoms with E-state index in [1.54, 1.807) is 4.90 Å². The quantitative estimate of drug-likeness (QED) is 0.776. The number of ether oxygens (including phenoxy) is 1. The van der Waals surface area contributed by atoms with Crippen molar-refractivity contribution in [3.05, 3.63) is 0 Å². The Hall–Kier alpha value is -1.10. The molecule has 1 aliphatic rings. The van der Waals surface area contributed by atoms with Crippen LogP contribution in [0.4, 0.5) is 0 Å². The van der Waals surface area contributed by atoms with Crippen LogP contribution >= 0.6 is 0 Å². The van der Waals surface area contributed by atoms with Crippen molar-refractivity contribution in [1.29, 1.82) is 0 Å². The molecule has 0 bridgehead atoms. The summed E-state index contributed by atoms with van der Waals surface area (Å²) < 4.78 is 5.35. The second kappa shape index (κ2) is 5.69. The van der Waals surface area contributed by atoms with Gasteiger partial charge in [-0.2, -0.15) is 0 Å². The monoisotopic (exact) mass is 257 g/mol. The molecule has 1 N–H and O–H groups in total. The molecule has 2 atom stereocenters. The Kier molecular flexibility index (Phi) is 4.73. The number of nitrogens with zero attached hydrogens (tertiary/aromatic N) is 1. The van der Waals surface area contributed by atoms with Gasteiger partial charge in [-0.3, -0.25) is 14.5 Å². The third kappa shape index (κ3) is 3.70. The average molecular weight is 257 g/mol. The van der Waals surface area contributed by atoms with Crippen LogP contribution in [0.2, 0.25) is 0 Å². The largest absolute Gasteiger partial charge is 0.480 e. The minimum atomic E-state index is -0.868. The first kappa shape index (κ1) is 15.0. The predicted molar refractivity (Wildman–Crippen MR) is 67.3 cm³/mol. The molecule has 1 aliphatic heterocycles. The van der Waals surface area contributed by atoms with E-state index < -0.39 is 23.7 Å². The van der Waals surface area contributed by atoms with Crippen molar-refractivity contribution in [3.63, 3.8) is 0 Å². The molecule has 0 aliphatic carbocycles. The van der Waals surface area contributed by atoms with Crippen molar-refractivity contribution in [1.82, 2.24) is 4.90 Å². The maximum absolute atomic E-state index is 12.1. The third-order valence-corrected chi connectivity index (χ3v) is 3.05. The summed E-state index contributed by atoms with van der Waals surface area (Å²) in [4.78, 5) is 25.0. The van der Waals surface area contributed by atoms with Gasteiger partial charge in [-0.25, -0.2) is 0 Å². The Morgan fingerprint density at radius 1 is 1.44 bits per heavy atom. The molecular formula is C13H23NO4. The van der Waals surface area contributed by atoms with E-state index in [4.69, 9.17) is 4.74 Å². The van der Waals surface area contributed by atoms with E-state index in [0.29, 0.717) is 19.4 Å². The number of carbonyl (C=O) groups excluding carboxylic acids is 1. The van der Waals surface area contributed by atoms with Gasteiger partial charge < -0.3 is 9.84 Å².